The van der Waals surface area contributed by atoms with Gasteiger partial charge < -0.3 is 14.1 Å². The van der Waals surface area contributed by atoms with Crippen LogP contribution in [0.1, 0.15) is 5.76 Å². The molecule has 18 heavy (non-hydrogen) atoms. The Hall–Kier alpha value is -2.14. The monoisotopic (exact) mass is 257 g/mol. The van der Waals surface area contributed by atoms with Crippen LogP contribution in [-0.4, -0.2) is 14.7 Å². The molecule has 0 spiro atoms. The van der Waals surface area contributed by atoms with Gasteiger partial charge in [0.05, 0.1) is 18.4 Å². The van der Waals surface area contributed by atoms with Crippen LogP contribution in [0, 0.1) is 4.77 Å². The van der Waals surface area contributed by atoms with Crippen molar-refractivity contribution in [2.45, 2.75) is 6.54 Å². The smallest absolute Gasteiger partial charge is 0.178 e. The number of nitrogens with zero attached hydrogens (tertiary/aromatic N) is 2. The molecule has 1 N–H and O–H groups in total. The molecule has 1 aromatic carbocycles. The van der Waals surface area contributed by atoms with Crippen LogP contribution in [0.3, 0.4) is 0 Å². The Morgan fingerprint density at radius 2 is 2.06 bits per heavy atom. The van der Waals surface area contributed by atoms with E-state index in [-0.39, 0.29) is 0 Å². The lowest BCUT2D eigenvalue weighted by atomic mass is 10.2. The SMILES string of the molecule is S=c1[nH]cc(-c2ccccc2)n1Cc1ccno1. The number of aromatic amines is 1. The van der Waals surface area contributed by atoms with Crippen molar-refractivity contribution in [1.82, 2.24) is 14.7 Å². The molecule has 3 aromatic rings. The molecular weight excluding hydrogens is 246 g/mol. The van der Waals surface area contributed by atoms with E-state index in [0.29, 0.717) is 11.3 Å². The Balaban J connectivity index is 2.04. The van der Waals surface area contributed by atoms with Gasteiger partial charge >= 0.3 is 0 Å². The number of hydrogen-bond donors (Lipinski definition) is 1. The van der Waals surface area contributed by atoms with Gasteiger partial charge in [0, 0.05) is 12.3 Å². The first-order valence-electron chi connectivity index (χ1n) is 5.58. The van der Waals surface area contributed by atoms with Crippen LogP contribution in [0.4, 0.5) is 0 Å². The number of nitrogens with one attached hydrogen (secondary N) is 1. The molecule has 0 bridgehead atoms. The minimum atomic E-state index is 0.576. The Morgan fingerprint density at radius 3 is 2.78 bits per heavy atom. The molecule has 0 atom stereocenters. The number of hydrogen-bond acceptors (Lipinski definition) is 3. The van der Waals surface area contributed by atoms with E-state index >= 15 is 0 Å². The largest absolute Gasteiger partial charge is 0.359 e. The third kappa shape index (κ3) is 2.00. The molecule has 0 unspecified atom stereocenters. The van der Waals surface area contributed by atoms with Crippen molar-refractivity contribution in [2.24, 2.45) is 0 Å². The first-order chi connectivity index (χ1) is 8.84. The predicted octanol–water partition coefficient (Wildman–Crippen LogP) is 3.25. The Bertz CT molecular complexity index is 683. The van der Waals surface area contributed by atoms with E-state index in [9.17, 15) is 0 Å². The van der Waals surface area contributed by atoms with E-state index in [1.54, 1.807) is 6.20 Å². The molecule has 0 saturated heterocycles. The molecule has 2 heterocycles. The number of H-pyrrole nitrogens is 1. The molecule has 90 valence electrons. The summed E-state index contributed by atoms with van der Waals surface area (Å²) in [6, 6.07) is 11.9. The molecular formula is C13H11N3OS. The van der Waals surface area contributed by atoms with Crippen LogP contribution in [0.25, 0.3) is 11.3 Å². The van der Waals surface area contributed by atoms with Crippen LogP contribution in [-0.2, 0) is 6.54 Å². The summed E-state index contributed by atoms with van der Waals surface area (Å²) in [5.74, 6) is 0.780. The standard InChI is InChI=1S/C13H11N3OS/c18-13-14-8-12(10-4-2-1-3-5-10)16(13)9-11-6-7-15-17-11/h1-8H,9H2,(H,14,18). The zero-order valence-electron chi connectivity index (χ0n) is 9.54. The van der Waals surface area contributed by atoms with Crippen LogP contribution in [0.5, 0.6) is 0 Å². The van der Waals surface area contributed by atoms with Gasteiger partial charge in [0.15, 0.2) is 10.5 Å². The predicted molar refractivity (Wildman–Crippen MR) is 70.7 cm³/mol. The summed E-state index contributed by atoms with van der Waals surface area (Å²) in [4.78, 5) is 3.06. The summed E-state index contributed by atoms with van der Waals surface area (Å²) in [5.41, 5.74) is 2.15. The Labute approximate surface area is 109 Å². The third-order valence-corrected chi connectivity index (χ3v) is 3.08. The van der Waals surface area contributed by atoms with Gasteiger partial charge in [0.2, 0.25) is 0 Å². The van der Waals surface area contributed by atoms with Gasteiger partial charge in [-0.2, -0.15) is 0 Å². The van der Waals surface area contributed by atoms with Crippen LogP contribution in [0.2, 0.25) is 0 Å². The lowest BCUT2D eigenvalue weighted by Crippen LogP contribution is -2.00. The second kappa shape index (κ2) is 4.62. The first kappa shape index (κ1) is 11.0. The van der Waals surface area contributed by atoms with E-state index in [0.717, 1.165) is 17.0 Å². The lowest BCUT2D eigenvalue weighted by molar-refractivity contribution is 0.376. The normalized spacial score (nSPS) is 10.7. The average Bonchev–Trinajstić information content (AvgIpc) is 3.03. The average molecular weight is 257 g/mol. The molecule has 2 aromatic heterocycles. The Morgan fingerprint density at radius 1 is 1.22 bits per heavy atom. The van der Waals surface area contributed by atoms with Crippen LogP contribution in [0.15, 0.2) is 53.3 Å². The van der Waals surface area contributed by atoms with Gasteiger partial charge in [-0.05, 0) is 17.8 Å². The highest BCUT2D eigenvalue weighted by Gasteiger charge is 2.08. The summed E-state index contributed by atoms with van der Waals surface area (Å²) >= 11 is 5.29. The molecule has 0 aliphatic heterocycles. The zero-order chi connectivity index (χ0) is 12.4. The molecule has 0 saturated carbocycles. The van der Waals surface area contributed by atoms with E-state index in [1.165, 1.54) is 0 Å². The van der Waals surface area contributed by atoms with Gasteiger partial charge in [-0.3, -0.25) is 0 Å². The molecule has 4 nitrogen and oxygen atoms in total. The van der Waals surface area contributed by atoms with E-state index in [4.69, 9.17) is 16.7 Å². The quantitative estimate of drug-likeness (QED) is 0.733. The fourth-order valence-corrected chi connectivity index (χ4v) is 2.10. The summed E-state index contributed by atoms with van der Waals surface area (Å²) < 4.78 is 7.78. The molecule has 0 aliphatic carbocycles. The van der Waals surface area contributed by atoms with Gasteiger partial charge in [-0.1, -0.05) is 35.5 Å². The summed E-state index contributed by atoms with van der Waals surface area (Å²) in [7, 11) is 0. The van der Waals surface area contributed by atoms with Crippen molar-refractivity contribution in [3.8, 4) is 11.3 Å². The highest BCUT2D eigenvalue weighted by Crippen LogP contribution is 2.20. The topological polar surface area (TPSA) is 46.8 Å². The molecule has 5 heteroatoms. The summed E-state index contributed by atoms with van der Waals surface area (Å²) in [5, 5.41) is 3.70. The molecule has 0 fully saturated rings. The zero-order valence-corrected chi connectivity index (χ0v) is 10.4. The Kier molecular flexibility index (Phi) is 2.82. The minimum absolute atomic E-state index is 0.576. The number of benzene rings is 1. The second-order valence-corrected chi connectivity index (χ2v) is 4.30. The van der Waals surface area contributed by atoms with Gasteiger partial charge in [-0.15, -0.1) is 0 Å². The fourth-order valence-electron chi connectivity index (χ4n) is 1.88. The molecule has 0 amide bonds. The van der Waals surface area contributed by atoms with Crippen molar-refractivity contribution >= 4 is 12.2 Å². The van der Waals surface area contributed by atoms with E-state index in [1.807, 2.05) is 35.0 Å². The summed E-state index contributed by atoms with van der Waals surface area (Å²) in [6.45, 7) is 0.576. The summed E-state index contributed by atoms with van der Waals surface area (Å²) in [6.07, 6.45) is 3.54. The highest BCUT2D eigenvalue weighted by molar-refractivity contribution is 7.71. The van der Waals surface area contributed by atoms with Crippen molar-refractivity contribution in [1.29, 1.82) is 0 Å². The fraction of sp³-hybridized carbons (Fsp3) is 0.0769. The van der Waals surface area contributed by atoms with Crippen LogP contribution < -0.4 is 0 Å². The lowest BCUT2D eigenvalue weighted by Gasteiger charge is -2.05. The van der Waals surface area contributed by atoms with Crippen molar-refractivity contribution < 1.29 is 4.52 Å². The molecule has 0 radical (unpaired) electrons. The van der Waals surface area contributed by atoms with Gasteiger partial charge in [-0.25, -0.2) is 0 Å². The minimum Gasteiger partial charge on any atom is -0.359 e. The van der Waals surface area contributed by atoms with Crippen molar-refractivity contribution in [2.75, 3.05) is 0 Å². The van der Waals surface area contributed by atoms with Gasteiger partial charge in [0.25, 0.3) is 0 Å². The number of imidazole rings is 1. The first-order valence-corrected chi connectivity index (χ1v) is 5.98. The maximum absolute atomic E-state index is 5.29. The number of aromatic nitrogens is 3. The van der Waals surface area contributed by atoms with E-state index in [2.05, 4.69) is 22.3 Å². The second-order valence-electron chi connectivity index (χ2n) is 3.91. The highest BCUT2D eigenvalue weighted by atomic mass is 32.1. The molecule has 0 aliphatic rings. The maximum atomic E-state index is 5.29. The van der Waals surface area contributed by atoms with Crippen molar-refractivity contribution in [3.05, 3.63) is 59.3 Å². The van der Waals surface area contributed by atoms with E-state index < -0.39 is 0 Å². The number of rotatable bonds is 3. The van der Waals surface area contributed by atoms with Crippen LogP contribution >= 0.6 is 12.2 Å². The van der Waals surface area contributed by atoms with Gasteiger partial charge in [0.1, 0.15) is 0 Å². The molecule has 3 rings (SSSR count). The van der Waals surface area contributed by atoms with Crippen molar-refractivity contribution in [3.63, 3.8) is 0 Å². The maximum Gasteiger partial charge on any atom is 0.178 e. The third-order valence-electron chi connectivity index (χ3n) is 2.74.